The average Bonchev–Trinajstić information content (AvgIpc) is 2.33. The lowest BCUT2D eigenvalue weighted by Crippen LogP contribution is -2.37. The van der Waals surface area contributed by atoms with Crippen molar-refractivity contribution in [2.45, 2.75) is 31.9 Å². The molecule has 2 rings (SSSR count). The van der Waals surface area contributed by atoms with Gasteiger partial charge in [0, 0.05) is 24.1 Å². The molecule has 1 aromatic carbocycles. The lowest BCUT2D eigenvalue weighted by Gasteiger charge is -2.36. The third-order valence-corrected chi connectivity index (χ3v) is 3.07. The largest absolute Gasteiger partial charge is 0.487 e. The molecule has 0 saturated heterocycles. The van der Waals surface area contributed by atoms with E-state index < -0.39 is 5.97 Å². The molecule has 19 heavy (non-hydrogen) atoms. The topological polar surface area (TPSA) is 70.8 Å². The van der Waals surface area contributed by atoms with Crippen molar-refractivity contribution < 1.29 is 19.0 Å². The quantitative estimate of drug-likeness (QED) is 0.844. The van der Waals surface area contributed by atoms with Crippen molar-refractivity contribution in [1.82, 2.24) is 0 Å². The summed E-state index contributed by atoms with van der Waals surface area (Å²) in [7, 11) is 1.32. The smallest absolute Gasteiger partial charge is 0.343 e. The minimum absolute atomic E-state index is 0.0478. The first-order valence-electron chi connectivity index (χ1n) is 6.19. The second kappa shape index (κ2) is 5.09. The van der Waals surface area contributed by atoms with E-state index in [0.717, 1.165) is 12.0 Å². The Balaban J connectivity index is 2.16. The monoisotopic (exact) mass is 265 g/mol. The number of methoxy groups -OCH3 is 1. The first-order valence-corrected chi connectivity index (χ1v) is 6.19. The van der Waals surface area contributed by atoms with Gasteiger partial charge in [-0.15, -0.1) is 0 Å². The molecule has 0 aromatic heterocycles. The van der Waals surface area contributed by atoms with E-state index in [4.69, 9.17) is 15.2 Å². The summed E-state index contributed by atoms with van der Waals surface area (Å²) in [6.45, 7) is 3.88. The summed E-state index contributed by atoms with van der Waals surface area (Å²) in [6.07, 6.45) is 0.766. The van der Waals surface area contributed by atoms with Gasteiger partial charge in [-0.1, -0.05) is 6.07 Å². The molecule has 5 heteroatoms. The minimum Gasteiger partial charge on any atom is -0.487 e. The van der Waals surface area contributed by atoms with Gasteiger partial charge in [-0.05, 0) is 19.9 Å². The highest BCUT2D eigenvalue weighted by Crippen LogP contribution is 2.39. The standard InChI is InChI=1S/C14H19NO4/c1-14(2)7-11(15)10-5-4-9(6-12(10)19-14)18-8-13(16)17-3/h4-6,11H,7-8,15H2,1-3H3. The zero-order chi connectivity index (χ0) is 14.0. The van der Waals surface area contributed by atoms with Gasteiger partial charge < -0.3 is 19.9 Å². The molecule has 0 spiro atoms. The van der Waals surface area contributed by atoms with E-state index in [9.17, 15) is 4.79 Å². The molecule has 104 valence electrons. The molecule has 0 bridgehead atoms. The van der Waals surface area contributed by atoms with E-state index >= 15 is 0 Å². The molecule has 0 saturated carbocycles. The number of hydrogen-bond donors (Lipinski definition) is 1. The van der Waals surface area contributed by atoms with Gasteiger partial charge in [0.05, 0.1) is 7.11 Å². The molecule has 1 heterocycles. The van der Waals surface area contributed by atoms with E-state index in [2.05, 4.69) is 4.74 Å². The van der Waals surface area contributed by atoms with Gasteiger partial charge in [-0.3, -0.25) is 0 Å². The molecule has 5 nitrogen and oxygen atoms in total. The minimum atomic E-state index is -0.421. The van der Waals surface area contributed by atoms with Crippen molar-refractivity contribution in [3.05, 3.63) is 23.8 Å². The summed E-state index contributed by atoms with van der Waals surface area (Å²) in [4.78, 5) is 11.0. The second-order valence-electron chi connectivity index (χ2n) is 5.24. The summed E-state index contributed by atoms with van der Waals surface area (Å²) >= 11 is 0. The van der Waals surface area contributed by atoms with Gasteiger partial charge in [-0.25, -0.2) is 4.79 Å². The number of ether oxygens (including phenoxy) is 3. The lowest BCUT2D eigenvalue weighted by atomic mass is 9.90. The van der Waals surface area contributed by atoms with Crippen LogP contribution in [0.3, 0.4) is 0 Å². The highest BCUT2D eigenvalue weighted by molar-refractivity contribution is 5.70. The summed E-state index contributed by atoms with van der Waals surface area (Å²) in [5.74, 6) is 0.857. The molecule has 1 unspecified atom stereocenters. The van der Waals surface area contributed by atoms with Crippen LogP contribution in [0.5, 0.6) is 11.5 Å². The van der Waals surface area contributed by atoms with Gasteiger partial charge in [0.25, 0.3) is 0 Å². The van der Waals surface area contributed by atoms with Gasteiger partial charge in [0.15, 0.2) is 6.61 Å². The molecule has 2 N–H and O–H groups in total. The second-order valence-corrected chi connectivity index (χ2v) is 5.24. The number of carbonyl (C=O) groups excluding carboxylic acids is 1. The van der Waals surface area contributed by atoms with Crippen LogP contribution >= 0.6 is 0 Å². The lowest BCUT2D eigenvalue weighted by molar-refractivity contribution is -0.142. The molecular weight excluding hydrogens is 246 g/mol. The summed E-state index contributed by atoms with van der Waals surface area (Å²) in [5.41, 5.74) is 6.79. The summed E-state index contributed by atoms with van der Waals surface area (Å²) in [6, 6.07) is 5.37. The number of hydrogen-bond acceptors (Lipinski definition) is 5. The van der Waals surface area contributed by atoms with E-state index in [1.807, 2.05) is 19.9 Å². The first kappa shape index (κ1) is 13.7. The molecule has 0 amide bonds. The van der Waals surface area contributed by atoms with Crippen molar-refractivity contribution in [3.8, 4) is 11.5 Å². The van der Waals surface area contributed by atoms with Crippen molar-refractivity contribution in [3.63, 3.8) is 0 Å². The number of benzene rings is 1. The van der Waals surface area contributed by atoms with Crippen LogP contribution in [0, 0.1) is 0 Å². The Bertz CT molecular complexity index is 484. The average molecular weight is 265 g/mol. The third kappa shape index (κ3) is 3.17. The van der Waals surface area contributed by atoms with E-state index in [0.29, 0.717) is 11.5 Å². The van der Waals surface area contributed by atoms with Gasteiger partial charge in [0.2, 0.25) is 0 Å². The molecule has 1 aliphatic rings. The van der Waals surface area contributed by atoms with Crippen molar-refractivity contribution in [2.24, 2.45) is 5.73 Å². The maximum Gasteiger partial charge on any atom is 0.343 e. The predicted octanol–water partition coefficient (Wildman–Crippen LogP) is 1.80. The van der Waals surface area contributed by atoms with Crippen molar-refractivity contribution in [2.75, 3.05) is 13.7 Å². The van der Waals surface area contributed by atoms with Gasteiger partial charge in [0.1, 0.15) is 17.1 Å². The van der Waals surface area contributed by atoms with Gasteiger partial charge in [-0.2, -0.15) is 0 Å². The number of nitrogens with two attached hydrogens (primary N) is 1. The number of esters is 1. The maximum absolute atomic E-state index is 11.0. The zero-order valence-corrected chi connectivity index (χ0v) is 11.4. The van der Waals surface area contributed by atoms with Crippen LogP contribution in [-0.2, 0) is 9.53 Å². The fourth-order valence-electron chi connectivity index (χ4n) is 2.18. The zero-order valence-electron chi connectivity index (χ0n) is 11.4. The van der Waals surface area contributed by atoms with Crippen LogP contribution in [0.2, 0.25) is 0 Å². The van der Waals surface area contributed by atoms with Crippen LogP contribution in [-0.4, -0.2) is 25.3 Å². The highest BCUT2D eigenvalue weighted by atomic mass is 16.6. The van der Waals surface area contributed by atoms with Crippen molar-refractivity contribution in [1.29, 1.82) is 0 Å². The Morgan fingerprint density at radius 1 is 1.53 bits per heavy atom. The molecule has 0 aliphatic carbocycles. The predicted molar refractivity (Wildman–Crippen MR) is 70.2 cm³/mol. The molecule has 0 radical (unpaired) electrons. The van der Waals surface area contributed by atoms with E-state index in [1.54, 1.807) is 12.1 Å². The SMILES string of the molecule is COC(=O)COc1ccc2c(c1)OC(C)(C)CC2N. The Labute approximate surface area is 112 Å². The van der Waals surface area contributed by atoms with Crippen molar-refractivity contribution >= 4 is 5.97 Å². The fourth-order valence-corrected chi connectivity index (χ4v) is 2.18. The normalized spacial score (nSPS) is 20.1. The van der Waals surface area contributed by atoms with Crippen LogP contribution < -0.4 is 15.2 Å². The molecule has 0 fully saturated rings. The first-order chi connectivity index (χ1) is 8.91. The maximum atomic E-state index is 11.0. The molecule has 1 aromatic rings. The van der Waals surface area contributed by atoms with E-state index in [1.165, 1.54) is 7.11 Å². The van der Waals surface area contributed by atoms with Crippen LogP contribution in [0.4, 0.5) is 0 Å². The Hall–Kier alpha value is -1.75. The van der Waals surface area contributed by atoms with Gasteiger partial charge >= 0.3 is 5.97 Å². The Kier molecular flexibility index (Phi) is 3.66. The summed E-state index contributed by atoms with van der Waals surface area (Å²) in [5, 5.41) is 0. The number of rotatable bonds is 3. The van der Waals surface area contributed by atoms with Crippen LogP contribution in [0.1, 0.15) is 31.9 Å². The van der Waals surface area contributed by atoms with E-state index in [-0.39, 0.29) is 18.2 Å². The number of carbonyl (C=O) groups is 1. The van der Waals surface area contributed by atoms with Crippen LogP contribution in [0.15, 0.2) is 18.2 Å². The number of fused-ring (bicyclic) bond motifs is 1. The third-order valence-electron chi connectivity index (χ3n) is 3.07. The fraction of sp³-hybridized carbons (Fsp3) is 0.500. The molecule has 1 aliphatic heterocycles. The Morgan fingerprint density at radius 3 is 2.95 bits per heavy atom. The summed E-state index contributed by atoms with van der Waals surface area (Å²) < 4.78 is 15.7. The van der Waals surface area contributed by atoms with Crippen LogP contribution in [0.25, 0.3) is 0 Å². The molecular formula is C14H19NO4. The molecule has 1 atom stereocenters. The Morgan fingerprint density at radius 2 is 2.26 bits per heavy atom. The highest BCUT2D eigenvalue weighted by Gasteiger charge is 2.31.